The van der Waals surface area contributed by atoms with Gasteiger partial charge in [-0.1, -0.05) is 58.5 Å². The van der Waals surface area contributed by atoms with Crippen molar-refractivity contribution in [2.45, 2.75) is 20.3 Å². The fourth-order valence-electron chi connectivity index (χ4n) is 4.62. The van der Waals surface area contributed by atoms with Gasteiger partial charge in [-0.05, 0) is 55.3 Å². The quantitative estimate of drug-likeness (QED) is 0.111. The van der Waals surface area contributed by atoms with Crippen LogP contribution in [-0.4, -0.2) is 30.2 Å². The lowest BCUT2D eigenvalue weighted by Gasteiger charge is -2.18. The number of amides is 3. The Kier molecular flexibility index (Phi) is 6.90. The molecule has 3 aromatic rings. The van der Waals surface area contributed by atoms with E-state index in [0.717, 1.165) is 16.2 Å². The van der Waals surface area contributed by atoms with E-state index in [4.69, 9.17) is 51.1 Å². The van der Waals surface area contributed by atoms with Gasteiger partial charge in [0.15, 0.2) is 0 Å². The number of hydrogen-bond donors (Lipinski definition) is 0. The molecule has 1 saturated heterocycles. The molecule has 0 spiro atoms. The second kappa shape index (κ2) is 9.89. The lowest BCUT2D eigenvalue weighted by molar-refractivity contribution is -0.139. The number of anilines is 2. The maximum atomic E-state index is 13.2. The van der Waals surface area contributed by atoms with E-state index in [0.29, 0.717) is 5.56 Å². The molecule has 3 aromatic carbocycles. The van der Waals surface area contributed by atoms with Gasteiger partial charge in [0.25, 0.3) is 11.8 Å². The van der Waals surface area contributed by atoms with Crippen LogP contribution >= 0.6 is 46.4 Å². The molecular formula is C27H18Cl4N2O5. The van der Waals surface area contributed by atoms with E-state index in [-0.39, 0.29) is 61.5 Å². The van der Waals surface area contributed by atoms with Crippen LogP contribution in [0.25, 0.3) is 0 Å². The Hall–Kier alpha value is -3.10. The number of esters is 1. The average molecular weight is 592 g/mol. The van der Waals surface area contributed by atoms with Gasteiger partial charge in [-0.3, -0.25) is 19.2 Å². The Morgan fingerprint density at radius 2 is 1.50 bits per heavy atom. The van der Waals surface area contributed by atoms with Crippen LogP contribution in [0.1, 0.15) is 38.3 Å². The first-order chi connectivity index (χ1) is 18.0. The van der Waals surface area contributed by atoms with Crippen LogP contribution in [0.15, 0.2) is 42.5 Å². The van der Waals surface area contributed by atoms with Crippen LogP contribution in [0.4, 0.5) is 11.4 Å². The third-order valence-electron chi connectivity index (χ3n) is 6.50. The van der Waals surface area contributed by atoms with Crippen molar-refractivity contribution < 1.29 is 23.9 Å². The minimum absolute atomic E-state index is 0.0333. The molecule has 0 aliphatic carbocycles. The van der Waals surface area contributed by atoms with Gasteiger partial charge in [0, 0.05) is 18.7 Å². The number of rotatable bonds is 4. The predicted molar refractivity (Wildman–Crippen MR) is 146 cm³/mol. The second-order valence-corrected chi connectivity index (χ2v) is 10.6. The number of aryl methyl sites for hydroxylation is 2. The minimum atomic E-state index is -0.705. The summed E-state index contributed by atoms with van der Waals surface area (Å²) < 4.78 is 5.55. The van der Waals surface area contributed by atoms with Gasteiger partial charge in [0.1, 0.15) is 5.75 Å². The van der Waals surface area contributed by atoms with Gasteiger partial charge in [-0.2, -0.15) is 0 Å². The Balaban J connectivity index is 1.35. The topological polar surface area (TPSA) is 84.0 Å². The van der Waals surface area contributed by atoms with Crippen molar-refractivity contribution in [3.63, 3.8) is 0 Å². The van der Waals surface area contributed by atoms with Gasteiger partial charge in [0.2, 0.25) is 5.91 Å². The molecule has 1 fully saturated rings. The van der Waals surface area contributed by atoms with Crippen molar-refractivity contribution in [2.24, 2.45) is 5.92 Å². The Morgan fingerprint density at radius 1 is 0.868 bits per heavy atom. The van der Waals surface area contributed by atoms with Gasteiger partial charge < -0.3 is 9.64 Å². The molecule has 38 heavy (non-hydrogen) atoms. The molecule has 0 N–H and O–H groups in total. The summed E-state index contributed by atoms with van der Waals surface area (Å²) in [5, 5.41) is -0.562. The fraction of sp³-hybridized carbons (Fsp3) is 0.185. The highest BCUT2D eigenvalue weighted by molar-refractivity contribution is 6.56. The van der Waals surface area contributed by atoms with Gasteiger partial charge in [-0.15, -0.1) is 0 Å². The number of carbonyl (C=O) groups is 4. The van der Waals surface area contributed by atoms with Crippen LogP contribution in [0, 0.1) is 19.8 Å². The van der Waals surface area contributed by atoms with E-state index in [1.54, 1.807) is 11.8 Å². The summed E-state index contributed by atoms with van der Waals surface area (Å²) in [6, 6.07) is 11.9. The Morgan fingerprint density at radius 3 is 2.08 bits per heavy atom. The standard InChI is InChI=1S/C27H18Cl4N2O5/c1-12-4-3-5-15(8-12)32-11-14(10-18(32)34)27(37)38-16-6-7-17(13(2)9-16)33-25(35)19-20(26(33)36)22(29)24(31)23(30)21(19)28/h3-9,14H,10-11H2,1-2H3/t14-/m0/s1. The summed E-state index contributed by atoms with van der Waals surface area (Å²) in [5.74, 6) is -2.56. The highest BCUT2D eigenvalue weighted by Crippen LogP contribution is 2.46. The van der Waals surface area contributed by atoms with Gasteiger partial charge in [-0.25, -0.2) is 4.90 Å². The summed E-state index contributed by atoms with van der Waals surface area (Å²) in [6.45, 7) is 3.79. The van der Waals surface area contributed by atoms with E-state index in [1.165, 1.54) is 18.2 Å². The predicted octanol–water partition coefficient (Wildman–Crippen LogP) is 6.68. The maximum absolute atomic E-state index is 13.2. The molecule has 0 aromatic heterocycles. The molecule has 3 amide bonds. The first kappa shape index (κ1) is 26.5. The fourth-order valence-corrected chi connectivity index (χ4v) is 5.63. The first-order valence-corrected chi connectivity index (χ1v) is 12.9. The SMILES string of the molecule is Cc1cccc(N2C[C@@H](C(=O)Oc3ccc(N4C(=O)c5c(Cl)c(Cl)c(Cl)c(Cl)c5C4=O)c(C)c3)CC2=O)c1. The summed E-state index contributed by atoms with van der Waals surface area (Å²) in [4.78, 5) is 54.3. The number of hydrogen-bond acceptors (Lipinski definition) is 5. The molecule has 7 nitrogen and oxygen atoms in total. The monoisotopic (exact) mass is 590 g/mol. The lowest BCUT2D eigenvalue weighted by Crippen LogP contribution is -2.30. The third-order valence-corrected chi connectivity index (χ3v) is 8.30. The zero-order valence-corrected chi connectivity index (χ0v) is 23.0. The van der Waals surface area contributed by atoms with Crippen molar-refractivity contribution in [3.8, 4) is 5.75 Å². The number of carbonyl (C=O) groups excluding carboxylic acids is 4. The molecule has 2 aliphatic rings. The summed E-state index contributed by atoms with van der Waals surface area (Å²) >= 11 is 24.6. The molecule has 0 unspecified atom stereocenters. The molecule has 0 radical (unpaired) electrons. The highest BCUT2D eigenvalue weighted by Gasteiger charge is 2.43. The normalized spacial score (nSPS) is 16.9. The first-order valence-electron chi connectivity index (χ1n) is 11.4. The average Bonchev–Trinajstić information content (AvgIpc) is 3.39. The van der Waals surface area contributed by atoms with Crippen LogP contribution < -0.4 is 14.5 Å². The highest BCUT2D eigenvalue weighted by atomic mass is 35.5. The number of imide groups is 1. The smallest absolute Gasteiger partial charge is 0.316 e. The number of nitrogens with zero attached hydrogens (tertiary/aromatic N) is 2. The van der Waals surface area contributed by atoms with Crippen molar-refractivity contribution in [1.29, 1.82) is 0 Å². The van der Waals surface area contributed by atoms with Crippen molar-refractivity contribution in [1.82, 2.24) is 0 Å². The largest absolute Gasteiger partial charge is 0.426 e. The van der Waals surface area contributed by atoms with E-state index in [1.807, 2.05) is 31.2 Å². The Bertz CT molecular complexity index is 1520. The van der Waals surface area contributed by atoms with Gasteiger partial charge >= 0.3 is 5.97 Å². The zero-order valence-electron chi connectivity index (χ0n) is 20.0. The van der Waals surface area contributed by atoms with E-state index in [9.17, 15) is 19.2 Å². The molecule has 11 heteroatoms. The number of fused-ring (bicyclic) bond motifs is 1. The molecule has 194 valence electrons. The third kappa shape index (κ3) is 4.33. The molecule has 5 rings (SSSR count). The molecule has 2 heterocycles. The van der Waals surface area contributed by atoms with Crippen molar-refractivity contribution in [3.05, 3.63) is 84.8 Å². The summed E-state index contributed by atoms with van der Waals surface area (Å²) in [6.07, 6.45) is 0.0333. The van der Waals surface area contributed by atoms with Gasteiger partial charge in [0.05, 0.1) is 42.8 Å². The van der Waals surface area contributed by atoms with Crippen LogP contribution in [0.3, 0.4) is 0 Å². The van der Waals surface area contributed by atoms with Crippen LogP contribution in [0.2, 0.25) is 20.1 Å². The Labute approximate surface area is 237 Å². The van der Waals surface area contributed by atoms with Crippen molar-refractivity contribution in [2.75, 3.05) is 16.3 Å². The summed E-state index contributed by atoms with van der Waals surface area (Å²) in [5.41, 5.74) is 2.19. The number of benzene rings is 3. The zero-order chi connectivity index (χ0) is 27.5. The van der Waals surface area contributed by atoms with Crippen LogP contribution in [0.5, 0.6) is 5.75 Å². The van der Waals surface area contributed by atoms with E-state index in [2.05, 4.69) is 0 Å². The van der Waals surface area contributed by atoms with Crippen molar-refractivity contribution >= 4 is 81.5 Å². The number of halogens is 4. The maximum Gasteiger partial charge on any atom is 0.316 e. The number of ether oxygens (including phenoxy) is 1. The molecule has 0 saturated carbocycles. The summed E-state index contributed by atoms with van der Waals surface area (Å²) in [7, 11) is 0. The molecule has 1 atom stereocenters. The van der Waals surface area contributed by atoms with E-state index < -0.39 is 23.7 Å². The molecule has 2 aliphatic heterocycles. The lowest BCUT2D eigenvalue weighted by atomic mass is 10.1. The molecule has 0 bridgehead atoms. The second-order valence-electron chi connectivity index (χ2n) is 9.07. The van der Waals surface area contributed by atoms with Crippen LogP contribution in [-0.2, 0) is 9.59 Å². The van der Waals surface area contributed by atoms with E-state index >= 15 is 0 Å². The molecular weight excluding hydrogens is 574 g/mol. The minimum Gasteiger partial charge on any atom is -0.426 e.